The predicted octanol–water partition coefficient (Wildman–Crippen LogP) is 5.57. The molecule has 2 amide bonds. The van der Waals surface area contributed by atoms with Crippen LogP contribution < -0.4 is 10.1 Å². The second-order valence-electron chi connectivity index (χ2n) is 8.48. The van der Waals surface area contributed by atoms with Crippen molar-refractivity contribution in [1.82, 2.24) is 10.2 Å². The molecular weight excluding hydrogens is 492 g/mol. The number of ether oxygens (including phenoxy) is 1. The van der Waals surface area contributed by atoms with Crippen molar-refractivity contribution in [2.75, 3.05) is 6.61 Å². The van der Waals surface area contributed by atoms with Crippen molar-refractivity contribution in [2.45, 2.75) is 65.1 Å². The first kappa shape index (κ1) is 24.6. The number of rotatable bonds is 8. The molecule has 1 atom stereocenters. The molecule has 3 rings (SSSR count). The zero-order valence-electron chi connectivity index (χ0n) is 18.8. The minimum absolute atomic E-state index is 0.136. The highest BCUT2D eigenvalue weighted by Gasteiger charge is 2.28. The van der Waals surface area contributed by atoms with Crippen molar-refractivity contribution in [1.29, 1.82) is 0 Å². The molecule has 0 spiro atoms. The van der Waals surface area contributed by atoms with Crippen LogP contribution in [0.25, 0.3) is 0 Å². The molecule has 1 aliphatic rings. The molecule has 2 aromatic rings. The summed E-state index contributed by atoms with van der Waals surface area (Å²) < 4.78 is 6.84. The van der Waals surface area contributed by atoms with Crippen molar-refractivity contribution >= 4 is 39.3 Å². The number of aryl methyl sites for hydroxylation is 2. The molecule has 1 saturated carbocycles. The Morgan fingerprint density at radius 2 is 1.84 bits per heavy atom. The lowest BCUT2D eigenvalue weighted by atomic mass is 10.1. The van der Waals surface area contributed by atoms with E-state index in [0.29, 0.717) is 10.8 Å². The van der Waals surface area contributed by atoms with Crippen LogP contribution in [-0.4, -0.2) is 35.4 Å². The lowest BCUT2D eigenvalue weighted by Gasteiger charge is -2.29. The Morgan fingerprint density at radius 3 is 2.47 bits per heavy atom. The highest BCUT2D eigenvalue weighted by Crippen LogP contribution is 2.26. The summed E-state index contributed by atoms with van der Waals surface area (Å²) in [6.45, 7) is 5.85. The monoisotopic (exact) mass is 520 g/mol. The number of hydrogen-bond acceptors (Lipinski definition) is 3. The number of nitrogens with zero attached hydrogens (tertiary/aromatic N) is 1. The third kappa shape index (κ3) is 6.48. The molecule has 32 heavy (non-hydrogen) atoms. The molecule has 0 radical (unpaired) electrons. The van der Waals surface area contributed by atoms with Gasteiger partial charge in [0.05, 0.1) is 0 Å². The van der Waals surface area contributed by atoms with Crippen LogP contribution in [-0.2, 0) is 16.1 Å². The van der Waals surface area contributed by atoms with Crippen LogP contribution in [0.5, 0.6) is 5.75 Å². The zero-order valence-corrected chi connectivity index (χ0v) is 21.1. The van der Waals surface area contributed by atoms with E-state index in [9.17, 15) is 9.59 Å². The fraction of sp³-hybridized carbons (Fsp3) is 0.440. The first-order valence-corrected chi connectivity index (χ1v) is 12.2. The Bertz CT molecular complexity index is 952. The number of halogens is 2. The van der Waals surface area contributed by atoms with E-state index in [2.05, 4.69) is 21.2 Å². The Morgan fingerprint density at radius 1 is 1.19 bits per heavy atom. The Kier molecular flexibility index (Phi) is 8.60. The second kappa shape index (κ2) is 11.2. The van der Waals surface area contributed by atoms with Gasteiger partial charge in [-0.15, -0.1) is 0 Å². The number of nitrogens with one attached hydrogen (secondary N) is 1. The van der Waals surface area contributed by atoms with Crippen molar-refractivity contribution in [3.63, 3.8) is 0 Å². The average Bonchev–Trinajstić information content (AvgIpc) is 3.26. The maximum atomic E-state index is 13.2. The molecule has 1 fully saturated rings. The number of amides is 2. The summed E-state index contributed by atoms with van der Waals surface area (Å²) in [7, 11) is 0. The van der Waals surface area contributed by atoms with E-state index in [-0.39, 0.29) is 31.0 Å². The van der Waals surface area contributed by atoms with Crippen molar-refractivity contribution in [3.8, 4) is 5.75 Å². The van der Waals surface area contributed by atoms with Crippen LogP contribution in [0.4, 0.5) is 0 Å². The molecule has 1 aliphatic carbocycles. The SMILES string of the molecule is Cc1cc(OCC(=O)N(Cc2cccc(Cl)c2)[C@@H](C)C(=O)NC2CCCC2)cc(C)c1Br. The molecule has 0 bridgehead atoms. The fourth-order valence-corrected chi connectivity index (χ4v) is 4.47. The maximum absolute atomic E-state index is 13.2. The molecule has 1 N–H and O–H groups in total. The first-order chi connectivity index (χ1) is 15.2. The topological polar surface area (TPSA) is 58.6 Å². The van der Waals surface area contributed by atoms with Gasteiger partial charge >= 0.3 is 0 Å². The van der Waals surface area contributed by atoms with Crippen LogP contribution in [0.2, 0.25) is 5.02 Å². The molecular formula is C25H30BrClN2O3. The van der Waals surface area contributed by atoms with Gasteiger partial charge in [0.15, 0.2) is 6.61 Å². The highest BCUT2D eigenvalue weighted by atomic mass is 79.9. The van der Waals surface area contributed by atoms with E-state index >= 15 is 0 Å². The minimum atomic E-state index is -0.626. The van der Waals surface area contributed by atoms with Crippen LogP contribution in [0, 0.1) is 13.8 Å². The third-order valence-corrected chi connectivity index (χ3v) is 7.37. The fourth-order valence-electron chi connectivity index (χ4n) is 4.02. The van der Waals surface area contributed by atoms with Gasteiger partial charge in [0.1, 0.15) is 11.8 Å². The van der Waals surface area contributed by atoms with Crippen LogP contribution in [0.1, 0.15) is 49.3 Å². The third-order valence-electron chi connectivity index (χ3n) is 5.88. The summed E-state index contributed by atoms with van der Waals surface area (Å²) in [5, 5.41) is 3.69. The Labute approximate surface area is 203 Å². The molecule has 0 aromatic heterocycles. The van der Waals surface area contributed by atoms with Crippen LogP contribution in [0.3, 0.4) is 0 Å². The minimum Gasteiger partial charge on any atom is -0.484 e. The summed E-state index contributed by atoms with van der Waals surface area (Å²) in [5.41, 5.74) is 2.93. The summed E-state index contributed by atoms with van der Waals surface area (Å²) in [5.74, 6) is 0.238. The van der Waals surface area contributed by atoms with Gasteiger partial charge in [0.2, 0.25) is 5.91 Å². The predicted molar refractivity (Wildman–Crippen MR) is 131 cm³/mol. The maximum Gasteiger partial charge on any atom is 0.261 e. The van der Waals surface area contributed by atoms with Gasteiger partial charge in [-0.25, -0.2) is 0 Å². The van der Waals surface area contributed by atoms with Crippen molar-refractivity contribution in [2.24, 2.45) is 0 Å². The average molecular weight is 522 g/mol. The lowest BCUT2D eigenvalue weighted by Crippen LogP contribution is -2.50. The lowest BCUT2D eigenvalue weighted by molar-refractivity contribution is -0.142. The molecule has 5 nitrogen and oxygen atoms in total. The first-order valence-electron chi connectivity index (χ1n) is 11.0. The quantitative estimate of drug-likeness (QED) is 0.494. The van der Waals surface area contributed by atoms with Gasteiger partial charge in [0.25, 0.3) is 5.91 Å². The second-order valence-corrected chi connectivity index (χ2v) is 9.71. The molecule has 0 unspecified atom stereocenters. The summed E-state index contributed by atoms with van der Waals surface area (Å²) in [6, 6.07) is 10.7. The van der Waals surface area contributed by atoms with E-state index in [0.717, 1.165) is 46.8 Å². The van der Waals surface area contributed by atoms with Gasteiger partial charge in [-0.3, -0.25) is 9.59 Å². The number of benzene rings is 2. The molecule has 7 heteroatoms. The van der Waals surface area contributed by atoms with Crippen molar-refractivity contribution in [3.05, 3.63) is 62.6 Å². The molecule has 0 heterocycles. The van der Waals surface area contributed by atoms with Gasteiger partial charge in [-0.05, 0) is 74.6 Å². The zero-order chi connectivity index (χ0) is 23.3. The van der Waals surface area contributed by atoms with Crippen molar-refractivity contribution < 1.29 is 14.3 Å². The highest BCUT2D eigenvalue weighted by molar-refractivity contribution is 9.10. The van der Waals surface area contributed by atoms with E-state index in [1.807, 2.05) is 44.2 Å². The van der Waals surface area contributed by atoms with Crippen LogP contribution >= 0.6 is 27.5 Å². The Hall–Kier alpha value is -2.05. The van der Waals surface area contributed by atoms with E-state index < -0.39 is 6.04 Å². The van der Waals surface area contributed by atoms with Crippen LogP contribution in [0.15, 0.2) is 40.9 Å². The number of carbonyl (C=O) groups excluding carboxylic acids is 2. The van der Waals surface area contributed by atoms with Gasteiger partial charge in [0, 0.05) is 22.1 Å². The molecule has 0 saturated heterocycles. The molecule has 2 aromatic carbocycles. The number of hydrogen-bond donors (Lipinski definition) is 1. The van der Waals surface area contributed by atoms with Gasteiger partial charge < -0.3 is 15.0 Å². The van der Waals surface area contributed by atoms with E-state index in [4.69, 9.17) is 16.3 Å². The van der Waals surface area contributed by atoms with Gasteiger partial charge in [-0.1, -0.05) is 52.5 Å². The van der Waals surface area contributed by atoms with E-state index in [1.165, 1.54) is 0 Å². The Balaban J connectivity index is 1.74. The van der Waals surface area contributed by atoms with E-state index in [1.54, 1.807) is 17.9 Å². The number of carbonyl (C=O) groups is 2. The summed E-state index contributed by atoms with van der Waals surface area (Å²) in [6.07, 6.45) is 4.24. The normalized spacial score (nSPS) is 14.8. The van der Waals surface area contributed by atoms with Gasteiger partial charge in [-0.2, -0.15) is 0 Å². The largest absolute Gasteiger partial charge is 0.484 e. The standard InChI is InChI=1S/C25H30BrClN2O3/c1-16-11-22(12-17(2)24(16)26)32-15-23(30)29(14-19-7-6-8-20(27)13-19)18(3)25(31)28-21-9-4-5-10-21/h6-8,11-13,18,21H,4-5,9-10,14-15H2,1-3H3,(H,28,31)/t18-/m0/s1. The summed E-state index contributed by atoms with van der Waals surface area (Å²) >= 11 is 9.68. The molecule has 172 valence electrons. The molecule has 0 aliphatic heterocycles. The summed E-state index contributed by atoms with van der Waals surface area (Å²) in [4.78, 5) is 27.7. The smallest absolute Gasteiger partial charge is 0.261 e.